The van der Waals surface area contributed by atoms with E-state index in [1.807, 2.05) is 0 Å². The van der Waals surface area contributed by atoms with Crippen LogP contribution < -0.4 is 0 Å². The van der Waals surface area contributed by atoms with E-state index in [9.17, 15) is 4.79 Å². The van der Waals surface area contributed by atoms with Gasteiger partial charge >= 0.3 is 0 Å². The molecule has 80 valence electrons. The van der Waals surface area contributed by atoms with Gasteiger partial charge in [0.25, 0.3) is 0 Å². The van der Waals surface area contributed by atoms with Crippen LogP contribution in [0.2, 0.25) is 0 Å². The average Bonchev–Trinajstić information content (AvgIpc) is 2.79. The Bertz CT molecular complexity index is 378. The van der Waals surface area contributed by atoms with Crippen LogP contribution in [0.5, 0.6) is 0 Å². The van der Waals surface area contributed by atoms with E-state index < -0.39 is 0 Å². The predicted molar refractivity (Wildman–Crippen MR) is 69.8 cm³/mol. The summed E-state index contributed by atoms with van der Waals surface area (Å²) >= 11 is 2.28. The first-order valence-corrected chi connectivity index (χ1v) is 6.34. The van der Waals surface area contributed by atoms with Crippen molar-refractivity contribution in [1.29, 1.82) is 0 Å². The Kier molecular flexibility index (Phi) is 2.88. The lowest BCUT2D eigenvalue weighted by Crippen LogP contribution is -2.09. The lowest BCUT2D eigenvalue weighted by molar-refractivity contribution is -0.120. The Morgan fingerprint density at radius 3 is 2.40 bits per heavy atom. The molecular formula is C13H15IO. The standard InChI is InChI=1S/C13H15IO/c1-13(2)8-11(13)12(15)7-9-3-5-10(14)6-4-9/h3-6,11H,7-8H2,1-2H3. The molecule has 1 saturated carbocycles. The topological polar surface area (TPSA) is 17.1 Å². The molecule has 0 radical (unpaired) electrons. The van der Waals surface area contributed by atoms with Gasteiger partial charge in [-0.3, -0.25) is 4.79 Å². The molecule has 1 atom stereocenters. The fraction of sp³-hybridized carbons (Fsp3) is 0.462. The fourth-order valence-corrected chi connectivity index (χ4v) is 2.30. The third kappa shape index (κ3) is 2.60. The Hall–Kier alpha value is -0.380. The number of rotatable bonds is 3. The zero-order chi connectivity index (χ0) is 11.1. The summed E-state index contributed by atoms with van der Waals surface area (Å²) in [5, 5.41) is 0. The molecule has 2 heteroatoms. The highest BCUT2D eigenvalue weighted by Crippen LogP contribution is 2.52. The van der Waals surface area contributed by atoms with Crippen molar-refractivity contribution in [3.05, 3.63) is 33.4 Å². The second-order valence-corrected chi connectivity index (χ2v) is 6.26. The highest BCUT2D eigenvalue weighted by atomic mass is 127. The van der Waals surface area contributed by atoms with Crippen molar-refractivity contribution in [1.82, 2.24) is 0 Å². The van der Waals surface area contributed by atoms with Crippen LogP contribution in [0, 0.1) is 14.9 Å². The van der Waals surface area contributed by atoms with Gasteiger partial charge in [0.2, 0.25) is 0 Å². The summed E-state index contributed by atoms with van der Waals surface area (Å²) in [7, 11) is 0. The number of ketones is 1. The summed E-state index contributed by atoms with van der Waals surface area (Å²) < 4.78 is 1.22. The van der Waals surface area contributed by atoms with Crippen molar-refractivity contribution in [2.45, 2.75) is 26.7 Å². The van der Waals surface area contributed by atoms with Crippen LogP contribution in [0.3, 0.4) is 0 Å². The maximum absolute atomic E-state index is 11.9. The zero-order valence-corrected chi connectivity index (χ0v) is 11.2. The summed E-state index contributed by atoms with van der Waals surface area (Å²) in [6, 6.07) is 8.21. The Labute approximate surface area is 104 Å². The van der Waals surface area contributed by atoms with Gasteiger partial charge in [-0.05, 0) is 52.1 Å². The number of carbonyl (C=O) groups is 1. The molecule has 0 spiro atoms. The number of halogens is 1. The van der Waals surface area contributed by atoms with Crippen molar-refractivity contribution in [3.8, 4) is 0 Å². The molecule has 0 saturated heterocycles. The SMILES string of the molecule is CC1(C)CC1C(=O)Cc1ccc(I)cc1. The molecule has 1 fully saturated rings. The van der Waals surface area contributed by atoms with E-state index in [1.165, 1.54) is 3.57 Å². The molecule has 0 amide bonds. The van der Waals surface area contributed by atoms with E-state index >= 15 is 0 Å². The van der Waals surface area contributed by atoms with Gasteiger partial charge in [-0.25, -0.2) is 0 Å². The first kappa shape index (κ1) is 11.1. The molecule has 0 aromatic heterocycles. The number of hydrogen-bond donors (Lipinski definition) is 0. The molecule has 0 N–H and O–H groups in total. The number of carbonyl (C=O) groups excluding carboxylic acids is 1. The number of Topliss-reactive ketones (excluding diaryl/α,β-unsaturated/α-hetero) is 1. The van der Waals surface area contributed by atoms with Crippen LogP contribution in [-0.2, 0) is 11.2 Å². The normalized spacial score (nSPS) is 22.5. The second-order valence-electron chi connectivity index (χ2n) is 5.01. The Morgan fingerprint density at radius 2 is 1.93 bits per heavy atom. The molecule has 0 bridgehead atoms. The lowest BCUT2D eigenvalue weighted by atomic mass is 10.0. The number of hydrogen-bond acceptors (Lipinski definition) is 1. The van der Waals surface area contributed by atoms with Crippen LogP contribution >= 0.6 is 22.6 Å². The quantitative estimate of drug-likeness (QED) is 0.781. The van der Waals surface area contributed by atoms with Gasteiger partial charge in [0.1, 0.15) is 5.78 Å². The van der Waals surface area contributed by atoms with E-state index in [4.69, 9.17) is 0 Å². The highest BCUT2D eigenvalue weighted by molar-refractivity contribution is 14.1. The minimum atomic E-state index is 0.264. The van der Waals surface area contributed by atoms with Crippen LogP contribution in [0.15, 0.2) is 24.3 Å². The van der Waals surface area contributed by atoms with E-state index in [-0.39, 0.29) is 5.41 Å². The largest absolute Gasteiger partial charge is 0.299 e. The van der Waals surface area contributed by atoms with Gasteiger partial charge in [0.05, 0.1) is 0 Å². The van der Waals surface area contributed by atoms with Gasteiger partial charge in [-0.15, -0.1) is 0 Å². The van der Waals surface area contributed by atoms with Crippen LogP contribution in [0.25, 0.3) is 0 Å². The third-order valence-electron chi connectivity index (χ3n) is 3.19. The van der Waals surface area contributed by atoms with Gasteiger partial charge in [-0.1, -0.05) is 26.0 Å². The molecule has 15 heavy (non-hydrogen) atoms. The fourth-order valence-electron chi connectivity index (χ4n) is 1.94. The molecule has 1 aliphatic carbocycles. The molecular weight excluding hydrogens is 299 g/mol. The molecule has 1 aromatic rings. The van der Waals surface area contributed by atoms with E-state index in [2.05, 4.69) is 60.7 Å². The van der Waals surface area contributed by atoms with Gasteiger partial charge in [0, 0.05) is 15.9 Å². The van der Waals surface area contributed by atoms with E-state index in [0.717, 1.165) is 12.0 Å². The third-order valence-corrected chi connectivity index (χ3v) is 3.91. The predicted octanol–water partition coefficient (Wildman–Crippen LogP) is 3.45. The minimum absolute atomic E-state index is 0.264. The molecule has 0 heterocycles. The van der Waals surface area contributed by atoms with Crippen LogP contribution in [-0.4, -0.2) is 5.78 Å². The molecule has 1 aliphatic rings. The minimum Gasteiger partial charge on any atom is -0.299 e. The molecule has 2 rings (SSSR count). The van der Waals surface area contributed by atoms with Crippen LogP contribution in [0.4, 0.5) is 0 Å². The molecule has 0 aliphatic heterocycles. The lowest BCUT2D eigenvalue weighted by Gasteiger charge is -2.03. The summed E-state index contributed by atoms with van der Waals surface area (Å²) in [6.45, 7) is 4.34. The number of benzene rings is 1. The highest BCUT2D eigenvalue weighted by Gasteiger charge is 2.49. The van der Waals surface area contributed by atoms with Crippen molar-refractivity contribution in [2.75, 3.05) is 0 Å². The summed E-state index contributed by atoms with van der Waals surface area (Å²) in [4.78, 5) is 11.9. The van der Waals surface area contributed by atoms with Crippen molar-refractivity contribution >= 4 is 28.4 Å². The summed E-state index contributed by atoms with van der Waals surface area (Å²) in [6.07, 6.45) is 1.67. The van der Waals surface area contributed by atoms with Crippen molar-refractivity contribution < 1.29 is 4.79 Å². The maximum Gasteiger partial charge on any atom is 0.140 e. The van der Waals surface area contributed by atoms with Crippen molar-refractivity contribution in [2.24, 2.45) is 11.3 Å². The second kappa shape index (κ2) is 3.89. The van der Waals surface area contributed by atoms with E-state index in [0.29, 0.717) is 18.1 Å². The van der Waals surface area contributed by atoms with Crippen molar-refractivity contribution in [3.63, 3.8) is 0 Å². The van der Waals surface area contributed by atoms with Gasteiger partial charge in [0.15, 0.2) is 0 Å². The Morgan fingerprint density at radius 1 is 1.40 bits per heavy atom. The molecule has 1 unspecified atom stereocenters. The maximum atomic E-state index is 11.9. The van der Waals surface area contributed by atoms with Gasteiger partial charge < -0.3 is 0 Å². The summed E-state index contributed by atoms with van der Waals surface area (Å²) in [5.74, 6) is 0.706. The zero-order valence-electron chi connectivity index (χ0n) is 9.09. The average molecular weight is 314 g/mol. The molecule has 1 aromatic carbocycles. The Balaban J connectivity index is 1.98. The summed E-state index contributed by atoms with van der Waals surface area (Å²) in [5.41, 5.74) is 1.41. The van der Waals surface area contributed by atoms with Gasteiger partial charge in [-0.2, -0.15) is 0 Å². The first-order chi connectivity index (χ1) is 6.99. The molecule has 1 nitrogen and oxygen atoms in total. The smallest absolute Gasteiger partial charge is 0.140 e. The first-order valence-electron chi connectivity index (χ1n) is 5.26. The van der Waals surface area contributed by atoms with Crippen LogP contribution in [0.1, 0.15) is 25.8 Å². The monoisotopic (exact) mass is 314 g/mol. The van der Waals surface area contributed by atoms with E-state index in [1.54, 1.807) is 0 Å².